The molecule has 3 N–H and O–H groups in total. The maximum absolute atomic E-state index is 10.5. The lowest BCUT2D eigenvalue weighted by Gasteiger charge is -2.11. The molecule has 0 fully saturated rings. The van der Waals surface area contributed by atoms with E-state index in [1.54, 1.807) is 0 Å². The van der Waals surface area contributed by atoms with Crippen LogP contribution in [0.1, 0.15) is 6.92 Å². The Labute approximate surface area is 76.4 Å². The zero-order chi connectivity index (χ0) is 9.40. The zero-order valence-corrected chi connectivity index (χ0v) is 7.93. The molecule has 4 nitrogen and oxygen atoms in total. The van der Waals surface area contributed by atoms with Gasteiger partial charge in [-0.05, 0) is 6.54 Å². The summed E-state index contributed by atoms with van der Waals surface area (Å²) in [6, 6.07) is -0.494. The molecule has 0 heterocycles. The Balaban J connectivity index is 3.56. The van der Waals surface area contributed by atoms with Gasteiger partial charge in [-0.2, -0.15) is 11.8 Å². The molecule has 1 atom stereocenters. The van der Waals surface area contributed by atoms with Crippen molar-refractivity contribution in [2.75, 3.05) is 24.7 Å². The molecule has 72 valence electrons. The number of aliphatic carboxylic acids is 1. The SMILES string of the molecule is CCNC(CSCCO)C(=O)O. The van der Waals surface area contributed by atoms with Gasteiger partial charge in [0.05, 0.1) is 6.61 Å². The molecular formula is C7H15NO3S. The van der Waals surface area contributed by atoms with E-state index in [4.69, 9.17) is 10.2 Å². The van der Waals surface area contributed by atoms with Gasteiger partial charge in [0.15, 0.2) is 0 Å². The largest absolute Gasteiger partial charge is 0.480 e. The smallest absolute Gasteiger partial charge is 0.321 e. The van der Waals surface area contributed by atoms with E-state index >= 15 is 0 Å². The van der Waals surface area contributed by atoms with Gasteiger partial charge in [-0.15, -0.1) is 0 Å². The van der Waals surface area contributed by atoms with Crippen LogP contribution in [-0.2, 0) is 4.79 Å². The minimum Gasteiger partial charge on any atom is -0.480 e. The number of carbonyl (C=O) groups is 1. The van der Waals surface area contributed by atoms with E-state index in [0.717, 1.165) is 0 Å². The number of likely N-dealkylation sites (N-methyl/N-ethyl adjacent to an activating group) is 1. The van der Waals surface area contributed by atoms with Gasteiger partial charge in [-0.1, -0.05) is 6.92 Å². The van der Waals surface area contributed by atoms with Crippen molar-refractivity contribution in [2.24, 2.45) is 0 Å². The summed E-state index contributed by atoms with van der Waals surface area (Å²) in [5.41, 5.74) is 0. The fourth-order valence-electron chi connectivity index (χ4n) is 0.730. The molecule has 0 aromatic carbocycles. The zero-order valence-electron chi connectivity index (χ0n) is 7.12. The lowest BCUT2D eigenvalue weighted by Crippen LogP contribution is -2.38. The van der Waals surface area contributed by atoms with Crippen molar-refractivity contribution in [3.63, 3.8) is 0 Å². The van der Waals surface area contributed by atoms with E-state index in [0.29, 0.717) is 18.1 Å². The minimum absolute atomic E-state index is 0.100. The van der Waals surface area contributed by atoms with Crippen LogP contribution in [0.2, 0.25) is 0 Å². The number of rotatable bonds is 7. The summed E-state index contributed by atoms with van der Waals surface area (Å²) < 4.78 is 0. The van der Waals surface area contributed by atoms with E-state index in [1.807, 2.05) is 6.92 Å². The van der Waals surface area contributed by atoms with Gasteiger partial charge in [0.1, 0.15) is 6.04 Å². The van der Waals surface area contributed by atoms with Crippen molar-refractivity contribution in [3.05, 3.63) is 0 Å². The van der Waals surface area contributed by atoms with Gasteiger partial charge >= 0.3 is 5.97 Å². The Kier molecular flexibility index (Phi) is 7.23. The predicted octanol–water partition coefficient (Wildman–Crippen LogP) is -0.225. The number of aliphatic hydroxyl groups excluding tert-OH is 1. The maximum Gasteiger partial charge on any atom is 0.321 e. The van der Waals surface area contributed by atoms with Gasteiger partial charge in [0.2, 0.25) is 0 Å². The third-order valence-electron chi connectivity index (χ3n) is 1.27. The number of aliphatic hydroxyl groups is 1. The van der Waals surface area contributed by atoms with Crippen LogP contribution >= 0.6 is 11.8 Å². The molecule has 0 radical (unpaired) electrons. The highest BCUT2D eigenvalue weighted by molar-refractivity contribution is 7.99. The average molecular weight is 193 g/mol. The Hall–Kier alpha value is -0.260. The van der Waals surface area contributed by atoms with E-state index in [1.165, 1.54) is 11.8 Å². The summed E-state index contributed by atoms with van der Waals surface area (Å²) >= 11 is 1.44. The minimum atomic E-state index is -0.831. The van der Waals surface area contributed by atoms with E-state index in [9.17, 15) is 4.79 Å². The number of carboxylic acids is 1. The summed E-state index contributed by atoms with van der Waals surface area (Å²) in [5, 5.41) is 20.0. The molecule has 0 amide bonds. The van der Waals surface area contributed by atoms with E-state index in [-0.39, 0.29) is 6.61 Å². The number of carboxylic acid groups (broad SMARTS) is 1. The van der Waals surface area contributed by atoms with Crippen molar-refractivity contribution < 1.29 is 15.0 Å². The summed E-state index contributed by atoms with van der Waals surface area (Å²) in [7, 11) is 0. The first-order valence-corrected chi connectivity index (χ1v) is 5.02. The third kappa shape index (κ3) is 5.40. The molecule has 0 rings (SSSR count). The van der Waals surface area contributed by atoms with Crippen LogP contribution < -0.4 is 5.32 Å². The molecular weight excluding hydrogens is 178 g/mol. The van der Waals surface area contributed by atoms with Crippen molar-refractivity contribution in [3.8, 4) is 0 Å². The van der Waals surface area contributed by atoms with Crippen LogP contribution in [-0.4, -0.2) is 46.9 Å². The Morgan fingerprint density at radius 2 is 2.33 bits per heavy atom. The standard InChI is InChI=1S/C7H15NO3S/c1-2-8-6(7(10)11)5-12-4-3-9/h6,8-9H,2-5H2,1H3,(H,10,11). The highest BCUT2D eigenvalue weighted by Crippen LogP contribution is 2.01. The lowest BCUT2D eigenvalue weighted by molar-refractivity contribution is -0.138. The second-order valence-electron chi connectivity index (χ2n) is 2.25. The van der Waals surface area contributed by atoms with Crippen LogP contribution in [0, 0.1) is 0 Å². The molecule has 0 aliphatic carbocycles. The van der Waals surface area contributed by atoms with Gasteiger partial charge in [0.25, 0.3) is 0 Å². The molecule has 5 heteroatoms. The topological polar surface area (TPSA) is 69.6 Å². The first-order chi connectivity index (χ1) is 5.72. The van der Waals surface area contributed by atoms with Gasteiger partial charge < -0.3 is 15.5 Å². The average Bonchev–Trinajstić information content (AvgIpc) is 2.03. The normalized spacial score (nSPS) is 12.8. The fraction of sp³-hybridized carbons (Fsp3) is 0.857. The second-order valence-corrected chi connectivity index (χ2v) is 3.40. The predicted molar refractivity (Wildman–Crippen MR) is 49.5 cm³/mol. The summed E-state index contributed by atoms with van der Waals surface area (Å²) in [4.78, 5) is 10.5. The molecule has 0 aliphatic heterocycles. The number of thioether (sulfide) groups is 1. The van der Waals surface area contributed by atoms with Crippen molar-refractivity contribution in [2.45, 2.75) is 13.0 Å². The first-order valence-electron chi connectivity index (χ1n) is 3.87. The number of hydrogen-bond donors (Lipinski definition) is 3. The van der Waals surface area contributed by atoms with Crippen LogP contribution in [0.4, 0.5) is 0 Å². The van der Waals surface area contributed by atoms with E-state index < -0.39 is 12.0 Å². The molecule has 0 aromatic rings. The Morgan fingerprint density at radius 3 is 2.75 bits per heavy atom. The maximum atomic E-state index is 10.5. The molecule has 0 bridgehead atoms. The third-order valence-corrected chi connectivity index (χ3v) is 2.31. The molecule has 0 spiro atoms. The van der Waals surface area contributed by atoms with Crippen molar-refractivity contribution in [1.29, 1.82) is 0 Å². The van der Waals surface area contributed by atoms with E-state index in [2.05, 4.69) is 5.32 Å². The highest BCUT2D eigenvalue weighted by Gasteiger charge is 2.14. The molecule has 1 unspecified atom stereocenters. The molecule has 0 saturated carbocycles. The van der Waals surface area contributed by atoms with Crippen LogP contribution in [0.25, 0.3) is 0 Å². The highest BCUT2D eigenvalue weighted by atomic mass is 32.2. The van der Waals surface area contributed by atoms with Gasteiger partial charge in [-0.25, -0.2) is 0 Å². The van der Waals surface area contributed by atoms with Gasteiger partial charge in [-0.3, -0.25) is 4.79 Å². The second kappa shape index (κ2) is 7.39. The fourth-order valence-corrected chi connectivity index (χ4v) is 1.52. The lowest BCUT2D eigenvalue weighted by atomic mass is 10.3. The van der Waals surface area contributed by atoms with Crippen LogP contribution in [0.5, 0.6) is 0 Å². The monoisotopic (exact) mass is 193 g/mol. The molecule has 12 heavy (non-hydrogen) atoms. The Morgan fingerprint density at radius 1 is 1.67 bits per heavy atom. The molecule has 0 saturated heterocycles. The quantitative estimate of drug-likeness (QED) is 0.487. The summed E-state index contributed by atoms with van der Waals surface area (Å²) in [6.07, 6.45) is 0. The summed E-state index contributed by atoms with van der Waals surface area (Å²) in [5.74, 6) is 0.265. The number of nitrogens with one attached hydrogen (secondary N) is 1. The van der Waals surface area contributed by atoms with Crippen LogP contribution in [0.15, 0.2) is 0 Å². The summed E-state index contributed by atoms with van der Waals surface area (Å²) in [6.45, 7) is 2.62. The van der Waals surface area contributed by atoms with Crippen molar-refractivity contribution >= 4 is 17.7 Å². The molecule has 0 aliphatic rings. The molecule has 0 aromatic heterocycles. The Bertz CT molecular complexity index is 132. The van der Waals surface area contributed by atoms with Crippen LogP contribution in [0.3, 0.4) is 0 Å². The number of hydrogen-bond acceptors (Lipinski definition) is 4. The first kappa shape index (κ1) is 11.7. The van der Waals surface area contributed by atoms with Gasteiger partial charge in [0, 0.05) is 11.5 Å². The van der Waals surface area contributed by atoms with Crippen molar-refractivity contribution in [1.82, 2.24) is 5.32 Å².